The molecule has 2 rings (SSSR count). The molecule has 0 unspecified atom stereocenters. The maximum Gasteiger partial charge on any atom is 0.226 e. The fraction of sp³-hybridized carbons (Fsp3) is 0.929. The van der Waals surface area contributed by atoms with Gasteiger partial charge in [0.05, 0.1) is 17.6 Å². The maximum absolute atomic E-state index is 12.7. The van der Waals surface area contributed by atoms with Gasteiger partial charge in [0.25, 0.3) is 0 Å². The Morgan fingerprint density at radius 2 is 1.89 bits per heavy atom. The highest BCUT2D eigenvalue weighted by atomic mass is 16.5. The molecule has 2 heterocycles. The van der Waals surface area contributed by atoms with Crippen LogP contribution in [0, 0.1) is 5.41 Å². The van der Waals surface area contributed by atoms with Gasteiger partial charge in [0, 0.05) is 13.2 Å². The Kier molecular flexibility index (Phi) is 4.81. The molecule has 0 aromatic carbocycles. The lowest BCUT2D eigenvalue weighted by Gasteiger charge is -2.42. The molecule has 110 valence electrons. The first-order valence-electron chi connectivity index (χ1n) is 7.38. The van der Waals surface area contributed by atoms with Crippen molar-refractivity contribution >= 4 is 5.91 Å². The maximum atomic E-state index is 12.7. The molecule has 0 aromatic heterocycles. The van der Waals surface area contributed by atoms with Crippen molar-refractivity contribution in [3.63, 3.8) is 0 Å². The number of piperidine rings is 1. The van der Waals surface area contributed by atoms with E-state index in [1.165, 1.54) is 0 Å². The highest BCUT2D eigenvalue weighted by Crippen LogP contribution is 2.34. The summed E-state index contributed by atoms with van der Waals surface area (Å²) in [5.41, 5.74) is -0.728. The predicted molar refractivity (Wildman–Crippen MR) is 72.8 cm³/mol. The van der Waals surface area contributed by atoms with Crippen LogP contribution in [0.25, 0.3) is 0 Å². The zero-order valence-electron chi connectivity index (χ0n) is 11.8. The number of hydrogen-bond acceptors (Lipinski definition) is 4. The van der Waals surface area contributed by atoms with Gasteiger partial charge in [-0.3, -0.25) is 4.79 Å². The second-order valence-corrected chi connectivity index (χ2v) is 5.89. The summed E-state index contributed by atoms with van der Waals surface area (Å²) in [5.74, 6) is 0.118. The molecule has 5 heteroatoms. The number of carbonyl (C=O) groups excluding carboxylic acids is 1. The third-order valence-electron chi connectivity index (χ3n) is 4.85. The van der Waals surface area contributed by atoms with E-state index in [4.69, 9.17) is 4.74 Å². The van der Waals surface area contributed by atoms with Gasteiger partial charge in [-0.25, -0.2) is 0 Å². The number of carbonyl (C=O) groups is 1. The Bertz CT molecular complexity index is 308. The zero-order chi connectivity index (χ0) is 13.8. The van der Waals surface area contributed by atoms with Crippen molar-refractivity contribution in [3.8, 4) is 0 Å². The predicted octanol–water partition coefficient (Wildman–Crippen LogP) is 0.424. The fourth-order valence-corrected chi connectivity index (χ4v) is 3.10. The van der Waals surface area contributed by atoms with Crippen LogP contribution in [0.1, 0.15) is 39.0 Å². The van der Waals surface area contributed by atoms with E-state index in [1.807, 2.05) is 0 Å². The molecule has 5 nitrogen and oxygen atoms in total. The van der Waals surface area contributed by atoms with E-state index in [0.717, 1.165) is 32.4 Å². The van der Waals surface area contributed by atoms with E-state index in [-0.39, 0.29) is 17.9 Å². The standard InChI is InChI=1S/C14H26N2O3/c1-2-13(3-7-15-8-4-13)12(18)16-14(11-17)5-9-19-10-6-14/h15,17H,2-11H2,1H3,(H,16,18). The van der Waals surface area contributed by atoms with Crippen LogP contribution in [0.3, 0.4) is 0 Å². The number of amides is 1. The minimum absolute atomic E-state index is 0.000143. The van der Waals surface area contributed by atoms with E-state index in [2.05, 4.69) is 17.6 Å². The van der Waals surface area contributed by atoms with Crippen LogP contribution in [0.4, 0.5) is 0 Å². The smallest absolute Gasteiger partial charge is 0.226 e. The van der Waals surface area contributed by atoms with E-state index in [0.29, 0.717) is 26.1 Å². The van der Waals surface area contributed by atoms with Gasteiger partial charge in [-0.15, -0.1) is 0 Å². The molecule has 0 spiro atoms. The van der Waals surface area contributed by atoms with Crippen LogP contribution >= 0.6 is 0 Å². The molecular weight excluding hydrogens is 244 g/mol. The lowest BCUT2D eigenvalue weighted by molar-refractivity contribution is -0.137. The summed E-state index contributed by atoms with van der Waals surface area (Å²) < 4.78 is 5.33. The van der Waals surface area contributed by atoms with Gasteiger partial charge in [0.1, 0.15) is 0 Å². The number of ether oxygens (including phenoxy) is 1. The van der Waals surface area contributed by atoms with Crippen LogP contribution in [-0.4, -0.2) is 49.5 Å². The lowest BCUT2D eigenvalue weighted by Crippen LogP contribution is -2.59. The summed E-state index contributed by atoms with van der Waals surface area (Å²) in [6.45, 7) is 5.11. The quantitative estimate of drug-likeness (QED) is 0.692. The number of nitrogens with one attached hydrogen (secondary N) is 2. The topological polar surface area (TPSA) is 70.6 Å². The van der Waals surface area contributed by atoms with Crippen LogP contribution in [-0.2, 0) is 9.53 Å². The largest absolute Gasteiger partial charge is 0.394 e. The first-order valence-corrected chi connectivity index (χ1v) is 7.38. The second-order valence-electron chi connectivity index (χ2n) is 5.89. The third kappa shape index (κ3) is 3.09. The molecule has 0 saturated carbocycles. The molecule has 0 aromatic rings. The third-order valence-corrected chi connectivity index (χ3v) is 4.85. The molecule has 1 amide bonds. The van der Waals surface area contributed by atoms with Gasteiger partial charge in [0.15, 0.2) is 0 Å². The van der Waals surface area contributed by atoms with Crippen LogP contribution in [0.2, 0.25) is 0 Å². The average molecular weight is 270 g/mol. The molecule has 2 aliphatic rings. The van der Waals surface area contributed by atoms with E-state index < -0.39 is 5.54 Å². The van der Waals surface area contributed by atoms with Gasteiger partial charge in [0.2, 0.25) is 5.91 Å². The summed E-state index contributed by atoms with van der Waals surface area (Å²) in [5, 5.41) is 16.1. The molecule has 2 fully saturated rings. The Labute approximate surface area is 115 Å². The molecule has 0 atom stereocenters. The molecule has 19 heavy (non-hydrogen) atoms. The van der Waals surface area contributed by atoms with E-state index in [9.17, 15) is 9.90 Å². The van der Waals surface area contributed by atoms with Crippen molar-refractivity contribution in [2.75, 3.05) is 32.9 Å². The fourth-order valence-electron chi connectivity index (χ4n) is 3.10. The molecular formula is C14H26N2O3. The van der Waals surface area contributed by atoms with Crippen LogP contribution in [0.15, 0.2) is 0 Å². The van der Waals surface area contributed by atoms with Crippen molar-refractivity contribution in [2.45, 2.75) is 44.6 Å². The highest BCUT2D eigenvalue weighted by molar-refractivity contribution is 5.83. The molecule has 2 aliphatic heterocycles. The van der Waals surface area contributed by atoms with Crippen molar-refractivity contribution in [1.82, 2.24) is 10.6 Å². The number of aliphatic hydroxyl groups excluding tert-OH is 1. The van der Waals surface area contributed by atoms with E-state index >= 15 is 0 Å². The zero-order valence-corrected chi connectivity index (χ0v) is 11.8. The monoisotopic (exact) mass is 270 g/mol. The van der Waals surface area contributed by atoms with Crippen molar-refractivity contribution in [3.05, 3.63) is 0 Å². The lowest BCUT2D eigenvalue weighted by atomic mass is 9.75. The Balaban J connectivity index is 2.05. The summed E-state index contributed by atoms with van der Waals surface area (Å²) in [6, 6.07) is 0. The normalized spacial score (nSPS) is 25.8. The van der Waals surface area contributed by atoms with Gasteiger partial charge in [-0.2, -0.15) is 0 Å². The summed E-state index contributed by atoms with van der Waals surface area (Å²) >= 11 is 0. The summed E-state index contributed by atoms with van der Waals surface area (Å²) in [7, 11) is 0. The second kappa shape index (κ2) is 6.20. The number of hydrogen-bond donors (Lipinski definition) is 3. The van der Waals surface area contributed by atoms with Gasteiger partial charge >= 0.3 is 0 Å². The van der Waals surface area contributed by atoms with E-state index in [1.54, 1.807) is 0 Å². The highest BCUT2D eigenvalue weighted by Gasteiger charge is 2.42. The summed E-state index contributed by atoms with van der Waals surface area (Å²) in [6.07, 6.45) is 4.03. The minimum atomic E-state index is -0.470. The minimum Gasteiger partial charge on any atom is -0.394 e. The van der Waals surface area contributed by atoms with Crippen molar-refractivity contribution < 1.29 is 14.6 Å². The first-order chi connectivity index (χ1) is 9.16. The average Bonchev–Trinajstić information content (AvgIpc) is 2.48. The van der Waals surface area contributed by atoms with Gasteiger partial charge in [-0.05, 0) is 45.2 Å². The van der Waals surface area contributed by atoms with Crippen molar-refractivity contribution in [2.24, 2.45) is 5.41 Å². The van der Waals surface area contributed by atoms with Gasteiger partial charge in [-0.1, -0.05) is 6.92 Å². The van der Waals surface area contributed by atoms with Crippen molar-refractivity contribution in [1.29, 1.82) is 0 Å². The van der Waals surface area contributed by atoms with Gasteiger partial charge < -0.3 is 20.5 Å². The Morgan fingerprint density at radius 3 is 2.42 bits per heavy atom. The molecule has 0 radical (unpaired) electrons. The molecule has 0 bridgehead atoms. The number of aliphatic hydroxyl groups is 1. The molecule has 3 N–H and O–H groups in total. The number of rotatable bonds is 4. The van der Waals surface area contributed by atoms with Crippen LogP contribution < -0.4 is 10.6 Å². The Morgan fingerprint density at radius 1 is 1.26 bits per heavy atom. The molecule has 2 saturated heterocycles. The SMILES string of the molecule is CCC1(C(=O)NC2(CO)CCOCC2)CCNCC1. The molecule has 0 aliphatic carbocycles. The summed E-state index contributed by atoms with van der Waals surface area (Å²) in [4.78, 5) is 12.7. The Hall–Kier alpha value is -0.650. The first kappa shape index (κ1) is 14.8. The van der Waals surface area contributed by atoms with Crippen LogP contribution in [0.5, 0.6) is 0 Å².